The molecular weight excluding hydrogens is 480 g/mol. The van der Waals surface area contributed by atoms with Gasteiger partial charge in [-0.05, 0) is 50.1 Å². The summed E-state index contributed by atoms with van der Waals surface area (Å²) in [6.45, 7) is 5.58. The molecule has 0 unspecified atom stereocenters. The van der Waals surface area contributed by atoms with Crippen molar-refractivity contribution in [1.82, 2.24) is 29.7 Å². The molecule has 36 heavy (non-hydrogen) atoms. The van der Waals surface area contributed by atoms with Crippen LogP contribution < -0.4 is 9.47 Å². The van der Waals surface area contributed by atoms with Crippen LogP contribution in [0, 0.1) is 13.8 Å². The summed E-state index contributed by atoms with van der Waals surface area (Å²) < 4.78 is 39.7. The van der Waals surface area contributed by atoms with E-state index in [2.05, 4.69) is 25.1 Å². The highest BCUT2D eigenvalue weighted by Crippen LogP contribution is 2.32. The number of benzene rings is 1. The third-order valence-electron chi connectivity index (χ3n) is 5.84. The molecule has 0 aliphatic heterocycles. The molecule has 0 spiro atoms. The lowest BCUT2D eigenvalue weighted by Crippen LogP contribution is -2.19. The lowest BCUT2D eigenvalue weighted by atomic mass is 10.1. The van der Waals surface area contributed by atoms with Gasteiger partial charge in [0.15, 0.2) is 15.7 Å². The Hall–Kier alpha value is -3.86. The van der Waals surface area contributed by atoms with Gasteiger partial charge in [0.2, 0.25) is 0 Å². The Morgan fingerprint density at radius 3 is 2.22 bits per heavy atom. The van der Waals surface area contributed by atoms with Crippen LogP contribution in [0.5, 0.6) is 11.5 Å². The van der Waals surface area contributed by atoms with E-state index >= 15 is 0 Å². The first kappa shape index (κ1) is 25.2. The molecule has 3 aromatic heterocycles. The highest BCUT2D eigenvalue weighted by Gasteiger charge is 2.29. The highest BCUT2D eigenvalue weighted by atomic mass is 32.2. The second kappa shape index (κ2) is 10.4. The number of methoxy groups -OCH3 is 2. The lowest BCUT2D eigenvalue weighted by molar-refractivity contribution is 0.383. The molecule has 0 radical (unpaired) electrons. The smallest absolute Gasteiger partial charge is 0.167 e. The van der Waals surface area contributed by atoms with E-state index in [4.69, 9.17) is 9.47 Å². The summed E-state index contributed by atoms with van der Waals surface area (Å²) >= 11 is 0. The molecule has 188 valence electrons. The number of sulfone groups is 1. The van der Waals surface area contributed by atoms with Crippen LogP contribution in [0.1, 0.15) is 40.5 Å². The zero-order valence-corrected chi connectivity index (χ0v) is 21.7. The Morgan fingerprint density at radius 2 is 1.61 bits per heavy atom. The molecule has 0 bridgehead atoms. The van der Waals surface area contributed by atoms with E-state index in [9.17, 15) is 8.42 Å². The summed E-state index contributed by atoms with van der Waals surface area (Å²) in [5.74, 6) is 1.86. The fourth-order valence-electron chi connectivity index (χ4n) is 3.82. The summed E-state index contributed by atoms with van der Waals surface area (Å²) in [5, 5.41) is 7.72. The van der Waals surface area contributed by atoms with Crippen molar-refractivity contribution in [3.8, 4) is 22.9 Å². The Bertz CT molecular complexity index is 1450. The fraction of sp³-hybridized carbons (Fsp3) is 0.320. The topological polar surface area (TPSA) is 122 Å². The van der Waals surface area contributed by atoms with E-state index in [1.54, 1.807) is 50.5 Å². The number of aryl methyl sites for hydroxylation is 2. The van der Waals surface area contributed by atoms with Crippen LogP contribution in [-0.2, 0) is 22.1 Å². The fourth-order valence-corrected chi connectivity index (χ4v) is 5.09. The van der Waals surface area contributed by atoms with E-state index in [-0.39, 0.29) is 23.9 Å². The van der Waals surface area contributed by atoms with Crippen LogP contribution in [0.25, 0.3) is 11.4 Å². The van der Waals surface area contributed by atoms with Crippen molar-refractivity contribution in [2.45, 2.75) is 38.3 Å². The first-order valence-electron chi connectivity index (χ1n) is 11.3. The molecular formula is C25H28N6O4S. The highest BCUT2D eigenvalue weighted by molar-refractivity contribution is 7.90. The number of aromatic nitrogens is 6. The number of nitrogens with zero attached hydrogens (tertiary/aromatic N) is 6. The van der Waals surface area contributed by atoms with Gasteiger partial charge in [0, 0.05) is 30.4 Å². The zero-order chi connectivity index (χ0) is 25.9. The third-order valence-corrected chi connectivity index (χ3v) is 7.79. The van der Waals surface area contributed by atoms with Crippen LogP contribution in [0.15, 0.2) is 49.1 Å². The van der Waals surface area contributed by atoms with E-state index in [1.807, 2.05) is 38.1 Å². The molecule has 0 saturated carbocycles. The Balaban J connectivity index is 1.80. The normalized spacial score (nSPS) is 12.4. The first-order valence-corrected chi connectivity index (χ1v) is 13.0. The summed E-state index contributed by atoms with van der Waals surface area (Å²) in [5.41, 5.74) is 3.24. The van der Waals surface area contributed by atoms with Crippen molar-refractivity contribution in [2.24, 2.45) is 0 Å². The number of hydrogen-bond acceptors (Lipinski definition) is 9. The molecule has 3 heterocycles. The van der Waals surface area contributed by atoms with Crippen molar-refractivity contribution in [2.75, 3.05) is 14.2 Å². The largest absolute Gasteiger partial charge is 0.496 e. The minimum atomic E-state index is -3.73. The molecule has 4 rings (SSSR count). The lowest BCUT2D eigenvalue weighted by Gasteiger charge is -2.17. The van der Waals surface area contributed by atoms with Gasteiger partial charge in [-0.3, -0.25) is 4.98 Å². The van der Waals surface area contributed by atoms with Crippen LogP contribution >= 0.6 is 0 Å². The van der Waals surface area contributed by atoms with E-state index in [0.717, 1.165) is 22.3 Å². The van der Waals surface area contributed by atoms with Gasteiger partial charge in [0.05, 0.1) is 26.3 Å². The molecule has 11 heteroatoms. The van der Waals surface area contributed by atoms with E-state index in [1.165, 1.54) is 0 Å². The predicted octanol–water partition coefficient (Wildman–Crippen LogP) is 3.49. The van der Waals surface area contributed by atoms with E-state index < -0.39 is 15.1 Å². The van der Waals surface area contributed by atoms with E-state index in [0.29, 0.717) is 17.3 Å². The maximum absolute atomic E-state index is 13.4. The minimum Gasteiger partial charge on any atom is -0.496 e. The van der Waals surface area contributed by atoms with Crippen LogP contribution in [0.4, 0.5) is 0 Å². The van der Waals surface area contributed by atoms with Crippen LogP contribution in [-0.4, -0.2) is 52.4 Å². The van der Waals surface area contributed by atoms with Crippen molar-refractivity contribution in [3.05, 3.63) is 77.4 Å². The number of hydrogen-bond donors (Lipinski definition) is 0. The second-order valence-electron chi connectivity index (χ2n) is 8.49. The number of rotatable bonds is 9. The van der Waals surface area contributed by atoms with Crippen LogP contribution in [0.2, 0.25) is 0 Å². The van der Waals surface area contributed by atoms with Crippen LogP contribution in [0.3, 0.4) is 0 Å². The Morgan fingerprint density at radius 1 is 0.944 bits per heavy atom. The summed E-state index contributed by atoms with van der Waals surface area (Å²) in [7, 11) is -0.581. The average molecular weight is 509 g/mol. The minimum absolute atomic E-state index is 0.226. The van der Waals surface area contributed by atoms with Gasteiger partial charge in [-0.2, -0.15) is 0 Å². The Labute approximate surface area is 210 Å². The number of pyridine rings is 1. The van der Waals surface area contributed by atoms with Gasteiger partial charge >= 0.3 is 0 Å². The molecule has 0 N–H and O–H groups in total. The first-order chi connectivity index (χ1) is 17.2. The molecule has 0 aliphatic carbocycles. The summed E-state index contributed by atoms with van der Waals surface area (Å²) in [6, 6.07) is 7.40. The van der Waals surface area contributed by atoms with Crippen molar-refractivity contribution < 1.29 is 17.9 Å². The third kappa shape index (κ3) is 5.20. The molecule has 1 atom stereocenters. The Kier molecular flexibility index (Phi) is 7.30. The van der Waals surface area contributed by atoms with Gasteiger partial charge in [-0.25, -0.2) is 18.4 Å². The van der Waals surface area contributed by atoms with Crippen molar-refractivity contribution in [3.63, 3.8) is 0 Å². The van der Waals surface area contributed by atoms with Gasteiger partial charge < -0.3 is 14.0 Å². The monoisotopic (exact) mass is 508 g/mol. The molecule has 0 aliphatic rings. The molecule has 4 aromatic rings. The van der Waals surface area contributed by atoms with Crippen molar-refractivity contribution >= 4 is 9.84 Å². The maximum atomic E-state index is 13.4. The molecule has 0 amide bonds. The predicted molar refractivity (Wildman–Crippen MR) is 134 cm³/mol. The van der Waals surface area contributed by atoms with Gasteiger partial charge in [0.25, 0.3) is 0 Å². The maximum Gasteiger partial charge on any atom is 0.167 e. The summed E-state index contributed by atoms with van der Waals surface area (Å²) in [6.07, 6.45) is 6.62. The second-order valence-corrected chi connectivity index (χ2v) is 10.8. The van der Waals surface area contributed by atoms with Crippen molar-refractivity contribution in [1.29, 1.82) is 0 Å². The molecule has 0 saturated heterocycles. The molecule has 0 fully saturated rings. The van der Waals surface area contributed by atoms with Gasteiger partial charge in [-0.1, -0.05) is 6.07 Å². The van der Waals surface area contributed by atoms with Gasteiger partial charge in [-0.15, -0.1) is 10.2 Å². The zero-order valence-electron chi connectivity index (χ0n) is 20.8. The quantitative estimate of drug-likeness (QED) is 0.334. The molecule has 10 nitrogen and oxygen atoms in total. The average Bonchev–Trinajstić information content (AvgIpc) is 3.25. The standard InChI is InChI=1S/C25H28N6O4S/c1-16-9-19(13-26-10-16)25-30-29-23(15-36(32,33)18(3)24-27-11-17(2)12-28-24)31(25)14-20-21(34-4)7-6-8-22(20)35-5/h6-13,18H,14-15H2,1-5H3/t18-/m1/s1. The van der Waals surface area contributed by atoms with Gasteiger partial charge in [0.1, 0.15) is 34.2 Å². The number of ether oxygens (including phenoxy) is 2. The summed E-state index contributed by atoms with van der Waals surface area (Å²) in [4.78, 5) is 12.7. The molecule has 1 aromatic carbocycles. The SMILES string of the molecule is COc1cccc(OC)c1Cn1c(CS(=O)(=O)[C@H](C)c2ncc(C)cn2)nnc1-c1cncc(C)c1.